The van der Waals surface area contributed by atoms with E-state index in [0.29, 0.717) is 0 Å². The van der Waals surface area contributed by atoms with Crippen molar-refractivity contribution < 1.29 is 18.4 Å². The first-order valence-electron chi connectivity index (χ1n) is 6.44. The summed E-state index contributed by atoms with van der Waals surface area (Å²) >= 11 is 1.02. The summed E-state index contributed by atoms with van der Waals surface area (Å²) < 4.78 is 27.1. The number of hydrogen-bond acceptors (Lipinski definition) is 6. The monoisotopic (exact) mass is 333 g/mol. The zero-order valence-corrected chi connectivity index (χ0v) is 12.6. The van der Waals surface area contributed by atoms with Gasteiger partial charge in [0.25, 0.3) is 0 Å². The Balaban J connectivity index is 2.11. The van der Waals surface area contributed by atoms with Crippen molar-refractivity contribution in [2.75, 3.05) is 11.6 Å². The van der Waals surface area contributed by atoms with Crippen molar-refractivity contribution >= 4 is 29.0 Å². The van der Waals surface area contributed by atoms with Gasteiger partial charge in [-0.1, -0.05) is 6.07 Å². The minimum Gasteiger partial charge on any atom is -0.349 e. The molecule has 23 heavy (non-hydrogen) atoms. The van der Waals surface area contributed by atoms with Crippen LogP contribution in [0.3, 0.4) is 0 Å². The minimum atomic E-state index is -1.13. The Morgan fingerprint density at radius 2 is 1.70 bits per heavy atom. The van der Waals surface area contributed by atoms with Gasteiger partial charge in [0.2, 0.25) is 11.6 Å². The average molecular weight is 333 g/mol. The van der Waals surface area contributed by atoms with Crippen molar-refractivity contribution in [2.45, 2.75) is 0 Å². The number of nitrogens with zero attached hydrogens (tertiary/aromatic N) is 2. The Kier molecular flexibility index (Phi) is 3.91. The zero-order chi connectivity index (χ0) is 16.6. The van der Waals surface area contributed by atoms with Crippen LogP contribution in [0.25, 0.3) is 0 Å². The second-order valence-electron chi connectivity index (χ2n) is 4.55. The van der Waals surface area contributed by atoms with Gasteiger partial charge >= 0.3 is 0 Å². The summed E-state index contributed by atoms with van der Waals surface area (Å²) in [5.74, 6) is -3.28. The molecular formula is C15H9F2N3O2S. The first-order valence-corrected chi connectivity index (χ1v) is 7.66. The summed E-state index contributed by atoms with van der Waals surface area (Å²) in [6.07, 6.45) is 4.20. The van der Waals surface area contributed by atoms with Crippen molar-refractivity contribution in [3.8, 4) is 0 Å². The molecule has 0 aliphatic heterocycles. The van der Waals surface area contributed by atoms with Crippen LogP contribution in [-0.2, 0) is 0 Å². The molecule has 1 aliphatic carbocycles. The lowest BCUT2D eigenvalue weighted by Crippen LogP contribution is -2.27. The molecule has 1 aliphatic rings. The van der Waals surface area contributed by atoms with Crippen LogP contribution in [0.2, 0.25) is 0 Å². The molecule has 0 amide bonds. The molecule has 1 heterocycles. The van der Waals surface area contributed by atoms with Crippen molar-refractivity contribution in [3.63, 3.8) is 0 Å². The van der Waals surface area contributed by atoms with Crippen molar-refractivity contribution in [3.05, 3.63) is 64.2 Å². The van der Waals surface area contributed by atoms with E-state index in [-0.39, 0.29) is 27.7 Å². The Labute approximate surface area is 133 Å². The molecule has 116 valence electrons. The van der Waals surface area contributed by atoms with Crippen molar-refractivity contribution in [1.29, 1.82) is 0 Å². The summed E-state index contributed by atoms with van der Waals surface area (Å²) in [6.45, 7) is 0. The van der Waals surface area contributed by atoms with E-state index in [4.69, 9.17) is 0 Å². The van der Waals surface area contributed by atoms with E-state index in [2.05, 4.69) is 15.3 Å². The molecule has 3 rings (SSSR count). The van der Waals surface area contributed by atoms with E-state index in [1.807, 2.05) is 0 Å². The number of carbonyl (C=O) groups is 2. The quantitative estimate of drug-likeness (QED) is 0.931. The highest BCUT2D eigenvalue weighted by Gasteiger charge is 2.34. The second kappa shape index (κ2) is 5.88. The van der Waals surface area contributed by atoms with Gasteiger partial charge in [-0.15, -0.1) is 11.8 Å². The Morgan fingerprint density at radius 3 is 2.35 bits per heavy atom. The standard InChI is InChI=1S/C15H9F2N3O2S/c1-23-15-12(20-8-4-2-3-7(16)9(8)17)13(21)10-11(14(15)22)19-6-5-18-10/h2-6,20H,1H3. The van der Waals surface area contributed by atoms with E-state index in [0.717, 1.165) is 17.8 Å². The van der Waals surface area contributed by atoms with Crippen LogP contribution in [0.5, 0.6) is 0 Å². The third-order valence-corrected chi connectivity index (χ3v) is 4.00. The Morgan fingerprint density at radius 1 is 1.04 bits per heavy atom. The zero-order valence-electron chi connectivity index (χ0n) is 11.8. The highest BCUT2D eigenvalue weighted by atomic mass is 32.2. The summed E-state index contributed by atoms with van der Waals surface area (Å²) in [5.41, 5.74) is -0.540. The number of fused-ring (bicyclic) bond motifs is 1. The van der Waals surface area contributed by atoms with Crippen LogP contribution < -0.4 is 5.32 Å². The Hall–Kier alpha value is -2.61. The maximum atomic E-state index is 13.8. The molecule has 2 aromatic rings. The summed E-state index contributed by atoms with van der Waals surface area (Å²) in [4.78, 5) is 32.8. The molecule has 1 aromatic carbocycles. The predicted octanol–water partition coefficient (Wildman–Crippen LogP) is 2.82. The number of nitrogens with one attached hydrogen (secondary N) is 1. The van der Waals surface area contributed by atoms with Gasteiger partial charge in [0.1, 0.15) is 17.1 Å². The van der Waals surface area contributed by atoms with Gasteiger partial charge in [0.15, 0.2) is 11.6 Å². The van der Waals surface area contributed by atoms with E-state index in [1.165, 1.54) is 24.5 Å². The van der Waals surface area contributed by atoms with E-state index >= 15 is 0 Å². The van der Waals surface area contributed by atoms with E-state index in [1.54, 1.807) is 6.26 Å². The average Bonchev–Trinajstić information content (AvgIpc) is 2.56. The lowest BCUT2D eigenvalue weighted by atomic mass is 10.0. The lowest BCUT2D eigenvalue weighted by molar-refractivity contribution is 0.0975. The van der Waals surface area contributed by atoms with Crippen LogP contribution >= 0.6 is 11.8 Å². The van der Waals surface area contributed by atoms with Gasteiger partial charge in [-0.25, -0.2) is 18.7 Å². The van der Waals surface area contributed by atoms with Crippen LogP contribution in [0.15, 0.2) is 41.2 Å². The number of allylic oxidation sites excluding steroid dienone is 2. The second-order valence-corrected chi connectivity index (χ2v) is 5.36. The molecule has 8 heteroatoms. The molecule has 0 saturated heterocycles. The molecular weight excluding hydrogens is 324 g/mol. The largest absolute Gasteiger partial charge is 0.349 e. The van der Waals surface area contributed by atoms with Crippen molar-refractivity contribution in [2.24, 2.45) is 0 Å². The topological polar surface area (TPSA) is 72.0 Å². The van der Waals surface area contributed by atoms with Gasteiger partial charge in [0, 0.05) is 12.4 Å². The molecule has 5 nitrogen and oxygen atoms in total. The predicted molar refractivity (Wildman–Crippen MR) is 81.2 cm³/mol. The number of hydrogen-bond donors (Lipinski definition) is 1. The fourth-order valence-corrected chi connectivity index (χ4v) is 2.79. The number of thioether (sulfide) groups is 1. The summed E-state index contributed by atoms with van der Waals surface area (Å²) in [7, 11) is 0. The third kappa shape index (κ3) is 2.50. The number of carbonyl (C=O) groups excluding carboxylic acids is 2. The number of aromatic nitrogens is 2. The molecule has 1 aromatic heterocycles. The van der Waals surface area contributed by atoms with Crippen LogP contribution in [-0.4, -0.2) is 27.8 Å². The van der Waals surface area contributed by atoms with Gasteiger partial charge in [0.05, 0.1) is 10.6 Å². The highest BCUT2D eigenvalue weighted by molar-refractivity contribution is 8.03. The normalized spacial score (nSPS) is 14.0. The van der Waals surface area contributed by atoms with Crippen LogP contribution in [0, 0.1) is 11.6 Å². The van der Waals surface area contributed by atoms with Gasteiger partial charge in [-0.3, -0.25) is 9.59 Å². The number of benzene rings is 1. The van der Waals surface area contributed by atoms with Gasteiger partial charge in [-0.05, 0) is 18.4 Å². The smallest absolute Gasteiger partial charge is 0.231 e. The van der Waals surface area contributed by atoms with E-state index in [9.17, 15) is 18.4 Å². The molecule has 1 N–H and O–H groups in total. The number of ketones is 2. The molecule has 0 unspecified atom stereocenters. The number of rotatable bonds is 3. The maximum absolute atomic E-state index is 13.8. The lowest BCUT2D eigenvalue weighted by Gasteiger charge is -2.19. The number of halogens is 2. The molecule has 0 atom stereocenters. The van der Waals surface area contributed by atoms with Crippen LogP contribution in [0.1, 0.15) is 21.0 Å². The van der Waals surface area contributed by atoms with E-state index < -0.39 is 23.2 Å². The first-order chi connectivity index (χ1) is 11.0. The highest BCUT2D eigenvalue weighted by Crippen LogP contribution is 2.31. The minimum absolute atomic E-state index is 0.0490. The third-order valence-electron chi connectivity index (χ3n) is 3.20. The summed E-state index contributed by atoms with van der Waals surface area (Å²) in [5, 5.41) is 2.52. The maximum Gasteiger partial charge on any atom is 0.231 e. The Bertz CT molecular complexity index is 868. The first kappa shape index (κ1) is 15.3. The molecule has 0 bridgehead atoms. The number of anilines is 1. The fraction of sp³-hybridized carbons (Fsp3) is 0.0667. The van der Waals surface area contributed by atoms with Gasteiger partial charge in [-0.2, -0.15) is 0 Å². The van der Waals surface area contributed by atoms with Gasteiger partial charge < -0.3 is 5.32 Å². The number of Topliss-reactive ketones (excluding diaryl/α,β-unsaturated/α-hetero) is 2. The molecule has 0 saturated carbocycles. The summed E-state index contributed by atoms with van der Waals surface area (Å²) in [6, 6.07) is 3.52. The molecule has 0 radical (unpaired) electrons. The van der Waals surface area contributed by atoms with Crippen molar-refractivity contribution in [1.82, 2.24) is 9.97 Å². The molecule has 0 spiro atoms. The fourth-order valence-electron chi connectivity index (χ4n) is 2.16. The SMILES string of the molecule is CSC1=C(Nc2cccc(F)c2F)C(=O)c2nccnc2C1=O. The molecule has 0 fully saturated rings. The van der Waals surface area contributed by atoms with Crippen LogP contribution in [0.4, 0.5) is 14.5 Å².